The molecule has 1 aliphatic rings. The summed E-state index contributed by atoms with van der Waals surface area (Å²) >= 11 is 0. The monoisotopic (exact) mass is 363 g/mol. The molecule has 8 heteroatoms. The van der Waals surface area contributed by atoms with Gasteiger partial charge in [0.05, 0.1) is 17.1 Å². The average Bonchev–Trinajstić information content (AvgIpc) is 3.32. The molecule has 8 nitrogen and oxygen atoms in total. The van der Waals surface area contributed by atoms with Crippen LogP contribution in [0.25, 0.3) is 16.9 Å². The number of hydrogen-bond acceptors (Lipinski definition) is 6. The van der Waals surface area contributed by atoms with Gasteiger partial charge in [0.1, 0.15) is 18.0 Å². The standard InChI is InChI=1S/C19H17N5O3/c1-2-11-7-13(18(26)8-17(11)25)16-10-20-19(27)24(16)15-6-4-3-5-12(15)14-9-21-23-22-14/h3-8,10,25-26H,2,9H2,1H3,(H,20,27). The lowest BCUT2D eigenvalue weighted by molar-refractivity contribution is 0.447. The number of benzene rings is 2. The highest BCUT2D eigenvalue weighted by atomic mass is 16.3. The molecule has 4 rings (SSSR count). The molecule has 0 saturated carbocycles. The largest absolute Gasteiger partial charge is 0.508 e. The van der Waals surface area contributed by atoms with Crippen molar-refractivity contribution < 1.29 is 10.2 Å². The van der Waals surface area contributed by atoms with E-state index in [0.717, 1.165) is 5.56 Å². The van der Waals surface area contributed by atoms with Crippen LogP contribution < -0.4 is 5.69 Å². The van der Waals surface area contributed by atoms with Crippen LogP contribution >= 0.6 is 0 Å². The zero-order valence-electron chi connectivity index (χ0n) is 14.5. The molecule has 136 valence electrons. The SMILES string of the molecule is CCc1cc(-c2c[nH]c(=O)n2-c2ccccc2C2=NN=NC2)c(O)cc1O. The minimum Gasteiger partial charge on any atom is -0.508 e. The Morgan fingerprint density at radius 1 is 1.15 bits per heavy atom. The highest BCUT2D eigenvalue weighted by Gasteiger charge is 2.20. The number of nitrogens with zero attached hydrogens (tertiary/aromatic N) is 4. The molecule has 1 aliphatic heterocycles. The van der Waals surface area contributed by atoms with E-state index in [9.17, 15) is 15.0 Å². The van der Waals surface area contributed by atoms with Crippen LogP contribution in [0.2, 0.25) is 0 Å². The lowest BCUT2D eigenvalue weighted by Gasteiger charge is -2.14. The number of phenolic OH excluding ortho intramolecular Hbond substituents is 2. The van der Waals surface area contributed by atoms with Gasteiger partial charge in [-0.2, -0.15) is 5.11 Å². The van der Waals surface area contributed by atoms with E-state index in [2.05, 4.69) is 20.4 Å². The molecule has 27 heavy (non-hydrogen) atoms. The summed E-state index contributed by atoms with van der Waals surface area (Å²) in [6.45, 7) is 2.25. The highest BCUT2D eigenvalue weighted by molar-refractivity contribution is 6.05. The van der Waals surface area contributed by atoms with Gasteiger partial charge in [0.15, 0.2) is 0 Å². The van der Waals surface area contributed by atoms with Crippen LogP contribution in [-0.2, 0) is 6.42 Å². The van der Waals surface area contributed by atoms with Crippen molar-refractivity contribution in [3.63, 3.8) is 0 Å². The quantitative estimate of drug-likeness (QED) is 0.662. The van der Waals surface area contributed by atoms with Gasteiger partial charge < -0.3 is 15.2 Å². The number of aromatic hydroxyl groups is 2. The summed E-state index contributed by atoms with van der Waals surface area (Å²) in [6, 6.07) is 10.3. The summed E-state index contributed by atoms with van der Waals surface area (Å²) in [7, 11) is 0. The molecule has 2 heterocycles. The molecule has 3 N–H and O–H groups in total. The van der Waals surface area contributed by atoms with Gasteiger partial charge in [-0.25, -0.2) is 4.79 Å². The predicted octanol–water partition coefficient (Wildman–Crippen LogP) is 2.98. The van der Waals surface area contributed by atoms with E-state index in [1.165, 1.54) is 16.8 Å². The molecule has 0 amide bonds. The van der Waals surface area contributed by atoms with Crippen molar-refractivity contribution >= 4 is 5.71 Å². The second-order valence-electron chi connectivity index (χ2n) is 6.12. The van der Waals surface area contributed by atoms with Crippen molar-refractivity contribution in [3.8, 4) is 28.4 Å². The summed E-state index contributed by atoms with van der Waals surface area (Å²) in [6.07, 6.45) is 2.13. The number of aryl methyl sites for hydroxylation is 1. The molecule has 0 aliphatic carbocycles. The van der Waals surface area contributed by atoms with E-state index in [0.29, 0.717) is 41.2 Å². The number of H-pyrrole nitrogens is 1. The lowest BCUT2D eigenvalue weighted by Crippen LogP contribution is -2.19. The zero-order chi connectivity index (χ0) is 19.0. The molecule has 0 unspecified atom stereocenters. The number of rotatable bonds is 4. The Balaban J connectivity index is 1.95. The third kappa shape index (κ3) is 2.80. The van der Waals surface area contributed by atoms with Gasteiger partial charge in [-0.3, -0.25) is 4.57 Å². The summed E-state index contributed by atoms with van der Waals surface area (Å²) in [5, 5.41) is 31.9. The van der Waals surface area contributed by atoms with Gasteiger partial charge in [0, 0.05) is 23.4 Å². The molecule has 0 fully saturated rings. The topological polar surface area (TPSA) is 115 Å². The van der Waals surface area contributed by atoms with E-state index >= 15 is 0 Å². The number of para-hydroxylation sites is 1. The third-order valence-electron chi connectivity index (χ3n) is 4.54. The average molecular weight is 363 g/mol. The van der Waals surface area contributed by atoms with Gasteiger partial charge in [-0.15, -0.1) is 5.10 Å². The maximum atomic E-state index is 12.6. The Bertz CT molecular complexity index is 1140. The Hall–Kier alpha value is -3.68. The summed E-state index contributed by atoms with van der Waals surface area (Å²) < 4.78 is 1.47. The Morgan fingerprint density at radius 3 is 2.70 bits per heavy atom. The van der Waals surface area contributed by atoms with Gasteiger partial charge in [0.2, 0.25) is 0 Å². The van der Waals surface area contributed by atoms with E-state index < -0.39 is 0 Å². The second-order valence-corrected chi connectivity index (χ2v) is 6.12. The number of phenols is 2. The zero-order valence-corrected chi connectivity index (χ0v) is 14.5. The fraction of sp³-hybridized carbons (Fsp3) is 0.158. The second kappa shape index (κ2) is 6.56. The smallest absolute Gasteiger partial charge is 0.330 e. The van der Waals surface area contributed by atoms with E-state index in [-0.39, 0.29) is 17.2 Å². The number of hydrogen-bond donors (Lipinski definition) is 3. The van der Waals surface area contributed by atoms with Crippen molar-refractivity contribution in [3.05, 3.63) is 64.2 Å². The minimum atomic E-state index is -0.351. The normalized spacial score (nSPS) is 13.1. The number of aromatic nitrogens is 2. The van der Waals surface area contributed by atoms with Crippen LogP contribution in [0, 0.1) is 0 Å². The van der Waals surface area contributed by atoms with Crippen LogP contribution in [0.15, 0.2) is 62.8 Å². The predicted molar refractivity (Wildman–Crippen MR) is 101 cm³/mol. The van der Waals surface area contributed by atoms with Crippen LogP contribution in [-0.4, -0.2) is 32.0 Å². The van der Waals surface area contributed by atoms with Crippen molar-refractivity contribution in [1.82, 2.24) is 9.55 Å². The maximum Gasteiger partial charge on any atom is 0.330 e. The minimum absolute atomic E-state index is 0.0205. The number of imidazole rings is 1. The van der Waals surface area contributed by atoms with Crippen LogP contribution in [0.1, 0.15) is 18.1 Å². The van der Waals surface area contributed by atoms with Gasteiger partial charge >= 0.3 is 5.69 Å². The van der Waals surface area contributed by atoms with E-state index in [4.69, 9.17) is 0 Å². The first kappa shape index (κ1) is 16.8. The molecular formula is C19H17N5O3. The lowest BCUT2D eigenvalue weighted by atomic mass is 10.0. The third-order valence-corrected chi connectivity index (χ3v) is 4.54. The Labute approximate surface area is 154 Å². The first-order valence-corrected chi connectivity index (χ1v) is 8.49. The molecule has 2 aromatic carbocycles. The van der Waals surface area contributed by atoms with Gasteiger partial charge in [0.25, 0.3) is 0 Å². The summed E-state index contributed by atoms with van der Waals surface area (Å²) in [5.41, 5.74) is 3.25. The molecule has 0 atom stereocenters. The summed E-state index contributed by atoms with van der Waals surface area (Å²) in [4.78, 5) is 15.3. The van der Waals surface area contributed by atoms with Crippen molar-refractivity contribution in [2.75, 3.05) is 6.54 Å². The first-order valence-electron chi connectivity index (χ1n) is 8.49. The van der Waals surface area contributed by atoms with Crippen LogP contribution in [0.4, 0.5) is 0 Å². The van der Waals surface area contributed by atoms with Crippen LogP contribution in [0.3, 0.4) is 0 Å². The van der Waals surface area contributed by atoms with Gasteiger partial charge in [-0.1, -0.05) is 25.1 Å². The maximum absolute atomic E-state index is 12.6. The van der Waals surface area contributed by atoms with E-state index in [1.54, 1.807) is 12.1 Å². The van der Waals surface area contributed by atoms with Crippen molar-refractivity contribution in [2.24, 2.45) is 15.4 Å². The fourth-order valence-electron chi connectivity index (χ4n) is 3.18. The molecule has 1 aromatic heterocycles. The molecule has 3 aromatic rings. The van der Waals surface area contributed by atoms with E-state index in [1.807, 2.05) is 25.1 Å². The van der Waals surface area contributed by atoms with Crippen molar-refractivity contribution in [2.45, 2.75) is 13.3 Å². The van der Waals surface area contributed by atoms with Crippen molar-refractivity contribution in [1.29, 1.82) is 0 Å². The number of nitrogens with one attached hydrogen (secondary N) is 1. The first-order chi connectivity index (χ1) is 13.1. The molecule has 0 radical (unpaired) electrons. The summed E-state index contributed by atoms with van der Waals surface area (Å²) in [5.74, 6) is -0.0924. The molecular weight excluding hydrogens is 346 g/mol. The molecule has 0 spiro atoms. The fourth-order valence-corrected chi connectivity index (χ4v) is 3.18. The number of aromatic amines is 1. The Kier molecular flexibility index (Phi) is 4.08. The Morgan fingerprint density at radius 2 is 1.96 bits per heavy atom. The molecule has 0 bridgehead atoms. The van der Waals surface area contributed by atoms with Crippen LogP contribution in [0.5, 0.6) is 11.5 Å². The molecule has 0 saturated heterocycles. The van der Waals surface area contributed by atoms with Gasteiger partial charge in [-0.05, 0) is 29.3 Å². The highest BCUT2D eigenvalue weighted by Crippen LogP contribution is 2.35.